The van der Waals surface area contributed by atoms with Crippen molar-refractivity contribution >= 4 is 34.1 Å². The molecule has 3 rings (SSSR count). The average Bonchev–Trinajstić information content (AvgIpc) is 3.04. The van der Waals surface area contributed by atoms with Gasteiger partial charge < -0.3 is 15.4 Å². The Morgan fingerprint density at radius 1 is 1.03 bits per heavy atom. The van der Waals surface area contributed by atoms with E-state index in [1.54, 1.807) is 19.1 Å². The van der Waals surface area contributed by atoms with Crippen LogP contribution in [0.4, 0.5) is 5.00 Å². The number of aryl methyl sites for hydroxylation is 1. The standard InChI is InChI=1S/C22H26N2O4S/c1-13-9-7-8-12-16(13)19(25)24-21-17(22(27)28-3)14(2)18(29-21)20(26)23-15-10-5-4-6-11-15/h7-9,12,15H,4-6,10-11H2,1-3H3,(H,23,26)(H,24,25). The third-order valence-electron chi connectivity index (χ3n) is 5.30. The number of thiophene rings is 1. The van der Waals surface area contributed by atoms with Crippen LogP contribution in [0.5, 0.6) is 0 Å². The molecule has 2 N–H and O–H groups in total. The van der Waals surface area contributed by atoms with E-state index in [2.05, 4.69) is 10.6 Å². The molecule has 0 saturated heterocycles. The molecule has 1 aliphatic carbocycles. The average molecular weight is 415 g/mol. The van der Waals surface area contributed by atoms with Gasteiger partial charge in [0.2, 0.25) is 0 Å². The monoisotopic (exact) mass is 414 g/mol. The maximum atomic E-state index is 12.9. The van der Waals surface area contributed by atoms with Gasteiger partial charge in [0, 0.05) is 11.6 Å². The Morgan fingerprint density at radius 3 is 2.38 bits per heavy atom. The molecule has 0 aliphatic heterocycles. The Balaban J connectivity index is 1.88. The summed E-state index contributed by atoms with van der Waals surface area (Å²) in [5.41, 5.74) is 2.10. The number of amides is 2. The number of esters is 1. The van der Waals surface area contributed by atoms with E-state index in [4.69, 9.17) is 4.74 Å². The number of hydrogen-bond acceptors (Lipinski definition) is 5. The topological polar surface area (TPSA) is 84.5 Å². The lowest BCUT2D eigenvalue weighted by Gasteiger charge is -2.22. The summed E-state index contributed by atoms with van der Waals surface area (Å²) in [4.78, 5) is 38.4. The SMILES string of the molecule is COC(=O)c1c(NC(=O)c2ccccc2C)sc(C(=O)NC2CCCCC2)c1C. The number of carbonyl (C=O) groups excluding carboxylic acids is 3. The summed E-state index contributed by atoms with van der Waals surface area (Å²) in [5.74, 6) is -1.11. The zero-order chi connectivity index (χ0) is 21.0. The normalized spacial score (nSPS) is 14.3. The van der Waals surface area contributed by atoms with Crippen LogP contribution in [0, 0.1) is 13.8 Å². The Bertz CT molecular complexity index is 929. The first kappa shape index (κ1) is 21.0. The minimum atomic E-state index is -0.574. The van der Waals surface area contributed by atoms with Crippen molar-refractivity contribution in [3.8, 4) is 0 Å². The van der Waals surface area contributed by atoms with Gasteiger partial charge in [-0.05, 0) is 43.9 Å². The fourth-order valence-electron chi connectivity index (χ4n) is 3.66. The molecule has 29 heavy (non-hydrogen) atoms. The summed E-state index contributed by atoms with van der Waals surface area (Å²) >= 11 is 1.11. The second-order valence-electron chi connectivity index (χ2n) is 7.33. The summed E-state index contributed by atoms with van der Waals surface area (Å²) in [6.45, 7) is 3.56. The summed E-state index contributed by atoms with van der Waals surface area (Å²) in [6.07, 6.45) is 5.36. The minimum Gasteiger partial charge on any atom is -0.465 e. The van der Waals surface area contributed by atoms with Crippen molar-refractivity contribution in [2.45, 2.75) is 52.0 Å². The summed E-state index contributed by atoms with van der Waals surface area (Å²) in [7, 11) is 1.29. The van der Waals surface area contributed by atoms with Crippen LogP contribution in [0.3, 0.4) is 0 Å². The van der Waals surface area contributed by atoms with E-state index in [0.717, 1.165) is 42.6 Å². The fourth-order valence-corrected chi connectivity index (χ4v) is 4.76. The van der Waals surface area contributed by atoms with Gasteiger partial charge in [-0.2, -0.15) is 0 Å². The highest BCUT2D eigenvalue weighted by molar-refractivity contribution is 7.18. The van der Waals surface area contributed by atoms with Crippen molar-refractivity contribution in [2.75, 3.05) is 12.4 Å². The van der Waals surface area contributed by atoms with Crippen LogP contribution in [0.1, 0.15) is 73.6 Å². The molecule has 1 fully saturated rings. The Kier molecular flexibility index (Phi) is 6.69. The fraction of sp³-hybridized carbons (Fsp3) is 0.409. The molecule has 1 heterocycles. The van der Waals surface area contributed by atoms with E-state index in [0.29, 0.717) is 21.0 Å². The quantitative estimate of drug-likeness (QED) is 0.707. The van der Waals surface area contributed by atoms with Crippen LogP contribution in [0.25, 0.3) is 0 Å². The summed E-state index contributed by atoms with van der Waals surface area (Å²) in [5, 5.41) is 6.21. The molecule has 1 saturated carbocycles. The van der Waals surface area contributed by atoms with Gasteiger partial charge in [0.25, 0.3) is 11.8 Å². The number of hydrogen-bond donors (Lipinski definition) is 2. The lowest BCUT2D eigenvalue weighted by atomic mass is 9.95. The number of nitrogens with one attached hydrogen (secondary N) is 2. The molecule has 0 atom stereocenters. The number of anilines is 1. The zero-order valence-corrected chi connectivity index (χ0v) is 17.8. The number of carbonyl (C=O) groups is 3. The number of rotatable bonds is 5. The lowest BCUT2D eigenvalue weighted by molar-refractivity contribution is 0.0601. The molecule has 2 amide bonds. The predicted octanol–water partition coefficient (Wildman–Crippen LogP) is 4.47. The lowest BCUT2D eigenvalue weighted by Crippen LogP contribution is -2.36. The van der Waals surface area contributed by atoms with Crippen LogP contribution >= 0.6 is 11.3 Å². The molecule has 0 bridgehead atoms. The summed E-state index contributed by atoms with van der Waals surface area (Å²) < 4.78 is 4.90. The van der Waals surface area contributed by atoms with E-state index in [1.165, 1.54) is 13.5 Å². The molecule has 0 spiro atoms. The highest BCUT2D eigenvalue weighted by Gasteiger charge is 2.28. The Labute approximate surface area is 174 Å². The van der Waals surface area contributed by atoms with Crippen LogP contribution in [-0.4, -0.2) is 30.9 Å². The molecule has 1 aliphatic rings. The van der Waals surface area contributed by atoms with Gasteiger partial charge in [-0.25, -0.2) is 4.79 Å². The second-order valence-corrected chi connectivity index (χ2v) is 8.35. The van der Waals surface area contributed by atoms with Gasteiger partial charge in [-0.1, -0.05) is 37.5 Å². The van der Waals surface area contributed by atoms with E-state index in [9.17, 15) is 14.4 Å². The highest BCUT2D eigenvalue weighted by atomic mass is 32.1. The van der Waals surface area contributed by atoms with Gasteiger partial charge in [0.15, 0.2) is 0 Å². The first-order chi connectivity index (χ1) is 13.9. The van der Waals surface area contributed by atoms with Crippen molar-refractivity contribution in [3.05, 3.63) is 51.4 Å². The molecule has 2 aromatic rings. The van der Waals surface area contributed by atoms with E-state index >= 15 is 0 Å². The first-order valence-corrected chi connectivity index (χ1v) is 10.6. The van der Waals surface area contributed by atoms with E-state index < -0.39 is 5.97 Å². The van der Waals surface area contributed by atoms with Crippen LogP contribution in [-0.2, 0) is 4.74 Å². The number of methoxy groups -OCH3 is 1. The molecule has 0 radical (unpaired) electrons. The summed E-state index contributed by atoms with van der Waals surface area (Å²) in [6, 6.07) is 7.36. The molecule has 1 aromatic heterocycles. The van der Waals surface area contributed by atoms with Crippen molar-refractivity contribution < 1.29 is 19.1 Å². The van der Waals surface area contributed by atoms with Gasteiger partial charge in [-0.15, -0.1) is 11.3 Å². The van der Waals surface area contributed by atoms with Gasteiger partial charge in [0.1, 0.15) is 5.00 Å². The van der Waals surface area contributed by atoms with Crippen LogP contribution in [0.2, 0.25) is 0 Å². The number of benzene rings is 1. The van der Waals surface area contributed by atoms with Gasteiger partial charge in [0.05, 0.1) is 17.6 Å². The predicted molar refractivity (Wildman–Crippen MR) is 114 cm³/mol. The zero-order valence-electron chi connectivity index (χ0n) is 17.0. The van der Waals surface area contributed by atoms with Crippen molar-refractivity contribution in [3.63, 3.8) is 0 Å². The van der Waals surface area contributed by atoms with E-state index in [1.807, 2.05) is 19.1 Å². The van der Waals surface area contributed by atoms with E-state index in [-0.39, 0.29) is 23.4 Å². The molecule has 1 aromatic carbocycles. The largest absolute Gasteiger partial charge is 0.465 e. The smallest absolute Gasteiger partial charge is 0.341 e. The molecule has 0 unspecified atom stereocenters. The third kappa shape index (κ3) is 4.67. The maximum absolute atomic E-state index is 12.9. The van der Waals surface area contributed by atoms with Crippen molar-refractivity contribution in [1.82, 2.24) is 5.32 Å². The van der Waals surface area contributed by atoms with Crippen LogP contribution in [0.15, 0.2) is 24.3 Å². The molecular formula is C22H26N2O4S. The maximum Gasteiger partial charge on any atom is 0.341 e. The van der Waals surface area contributed by atoms with Crippen molar-refractivity contribution in [1.29, 1.82) is 0 Å². The minimum absolute atomic E-state index is 0.157. The van der Waals surface area contributed by atoms with Crippen LogP contribution < -0.4 is 10.6 Å². The Morgan fingerprint density at radius 2 is 1.72 bits per heavy atom. The highest BCUT2D eigenvalue weighted by Crippen LogP contribution is 2.34. The van der Waals surface area contributed by atoms with Gasteiger partial charge >= 0.3 is 5.97 Å². The molecule has 6 nitrogen and oxygen atoms in total. The molecule has 154 valence electrons. The van der Waals surface area contributed by atoms with Crippen molar-refractivity contribution in [2.24, 2.45) is 0 Å². The molecular weight excluding hydrogens is 388 g/mol. The Hall–Kier alpha value is -2.67. The van der Waals surface area contributed by atoms with Gasteiger partial charge in [-0.3, -0.25) is 9.59 Å². The number of ether oxygens (including phenoxy) is 1. The second kappa shape index (κ2) is 9.22. The molecule has 7 heteroatoms. The third-order valence-corrected chi connectivity index (χ3v) is 6.51. The first-order valence-electron chi connectivity index (χ1n) is 9.82.